The molecule has 1 aliphatic rings. The lowest BCUT2D eigenvalue weighted by molar-refractivity contribution is 0.0964. The van der Waals surface area contributed by atoms with Gasteiger partial charge >= 0.3 is 0 Å². The zero-order chi connectivity index (χ0) is 14.9. The highest BCUT2D eigenvalue weighted by Crippen LogP contribution is 2.26. The van der Waals surface area contributed by atoms with E-state index in [-0.39, 0.29) is 15.5 Å². The number of allylic oxidation sites excluding steroid dienone is 4. The number of benzene rings is 1. The lowest BCUT2D eigenvalue weighted by Crippen LogP contribution is -2.19. The molecule has 0 saturated heterocycles. The number of halogens is 1. The van der Waals surface area contributed by atoms with Crippen LogP contribution in [-0.4, -0.2) is 15.5 Å². The zero-order valence-corrected chi connectivity index (χ0v) is 14.0. The van der Waals surface area contributed by atoms with Crippen molar-refractivity contribution in [1.82, 2.24) is 0 Å². The van der Waals surface area contributed by atoms with Crippen LogP contribution in [0, 0.1) is 13.8 Å². The van der Waals surface area contributed by atoms with E-state index >= 15 is 0 Å². The second-order valence-electron chi connectivity index (χ2n) is 5.21. The second-order valence-corrected chi connectivity index (χ2v) is 6.56. The molecule has 0 aromatic heterocycles. The number of Topliss-reactive ketones (excluding diaryl/α,β-unsaturated/α-hetero) is 2. The fraction of sp³-hybridized carbons (Fsp3) is 0.294. The molecular formula is C17H17IO2. The van der Waals surface area contributed by atoms with Gasteiger partial charge in [-0.25, -0.2) is 0 Å². The van der Waals surface area contributed by atoms with Crippen molar-refractivity contribution in [2.24, 2.45) is 0 Å². The Morgan fingerprint density at radius 3 is 2.30 bits per heavy atom. The molecule has 20 heavy (non-hydrogen) atoms. The number of rotatable bonds is 0. The van der Waals surface area contributed by atoms with Crippen LogP contribution in [0.15, 0.2) is 35.9 Å². The van der Waals surface area contributed by atoms with Gasteiger partial charge in [0.1, 0.15) is 0 Å². The summed E-state index contributed by atoms with van der Waals surface area (Å²) in [6.07, 6.45) is 6.02. The van der Waals surface area contributed by atoms with Crippen LogP contribution in [0.2, 0.25) is 0 Å². The van der Waals surface area contributed by atoms with Crippen molar-refractivity contribution >= 4 is 34.2 Å². The normalized spacial score (nSPS) is 23.8. The maximum absolute atomic E-state index is 12.6. The molecule has 0 spiro atoms. The van der Waals surface area contributed by atoms with E-state index in [0.29, 0.717) is 17.5 Å². The minimum absolute atomic E-state index is 0.0133. The first-order chi connectivity index (χ1) is 9.41. The SMILES string of the molecule is C/C1=C/C=C\C(I)C(=O)c2c(C)ccc(C)c2C(=O)C1. The van der Waals surface area contributed by atoms with Gasteiger partial charge in [0.15, 0.2) is 11.6 Å². The number of fused-ring (bicyclic) bond motifs is 1. The summed E-state index contributed by atoms with van der Waals surface area (Å²) in [5.74, 6) is 0.0431. The number of aryl methyl sites for hydroxylation is 2. The number of hydrogen-bond acceptors (Lipinski definition) is 2. The van der Waals surface area contributed by atoms with E-state index in [0.717, 1.165) is 16.7 Å². The van der Waals surface area contributed by atoms with Crippen molar-refractivity contribution in [3.8, 4) is 0 Å². The van der Waals surface area contributed by atoms with E-state index in [1.807, 2.05) is 51.1 Å². The quantitative estimate of drug-likeness (QED) is 0.495. The summed E-state index contributed by atoms with van der Waals surface area (Å²) < 4.78 is -0.248. The minimum Gasteiger partial charge on any atom is -0.294 e. The predicted molar refractivity (Wildman–Crippen MR) is 89.9 cm³/mol. The molecule has 1 aromatic rings. The van der Waals surface area contributed by atoms with Crippen molar-refractivity contribution in [2.75, 3.05) is 0 Å². The molecule has 1 unspecified atom stereocenters. The van der Waals surface area contributed by atoms with Crippen LogP contribution in [0.25, 0.3) is 0 Å². The Balaban J connectivity index is 2.72. The van der Waals surface area contributed by atoms with Crippen LogP contribution >= 0.6 is 22.6 Å². The number of hydrogen-bond donors (Lipinski definition) is 0. The van der Waals surface area contributed by atoms with Gasteiger partial charge in [0.05, 0.1) is 3.92 Å². The maximum atomic E-state index is 12.6. The molecule has 0 bridgehead atoms. The van der Waals surface area contributed by atoms with E-state index in [1.54, 1.807) is 0 Å². The number of ketones is 2. The summed E-state index contributed by atoms with van der Waals surface area (Å²) in [4.78, 5) is 25.2. The monoisotopic (exact) mass is 380 g/mol. The Hall–Kier alpha value is -1.23. The van der Waals surface area contributed by atoms with Gasteiger partial charge in [-0.2, -0.15) is 0 Å². The third kappa shape index (κ3) is 2.92. The van der Waals surface area contributed by atoms with E-state index in [1.165, 1.54) is 0 Å². The molecule has 0 amide bonds. The fourth-order valence-electron chi connectivity index (χ4n) is 2.43. The first-order valence-corrected chi connectivity index (χ1v) is 7.82. The van der Waals surface area contributed by atoms with Gasteiger partial charge in [-0.1, -0.05) is 58.5 Å². The highest BCUT2D eigenvalue weighted by atomic mass is 127. The minimum atomic E-state index is -0.248. The topological polar surface area (TPSA) is 34.1 Å². The largest absolute Gasteiger partial charge is 0.294 e. The van der Waals surface area contributed by atoms with Crippen LogP contribution in [0.5, 0.6) is 0 Å². The molecule has 1 atom stereocenters. The maximum Gasteiger partial charge on any atom is 0.180 e. The molecule has 0 N–H and O–H groups in total. The van der Waals surface area contributed by atoms with Crippen molar-refractivity contribution < 1.29 is 9.59 Å². The molecule has 3 heteroatoms. The molecule has 1 aromatic carbocycles. The summed E-state index contributed by atoms with van der Waals surface area (Å²) in [6, 6.07) is 3.84. The van der Waals surface area contributed by atoms with Crippen molar-refractivity contribution in [3.05, 3.63) is 58.2 Å². The fourth-order valence-corrected chi connectivity index (χ4v) is 2.98. The third-order valence-corrected chi connectivity index (χ3v) is 4.48. The van der Waals surface area contributed by atoms with Crippen molar-refractivity contribution in [3.63, 3.8) is 0 Å². The van der Waals surface area contributed by atoms with Crippen LogP contribution in [0.4, 0.5) is 0 Å². The Morgan fingerprint density at radius 1 is 1.05 bits per heavy atom. The highest BCUT2D eigenvalue weighted by molar-refractivity contribution is 14.1. The third-order valence-electron chi connectivity index (χ3n) is 3.50. The molecule has 0 radical (unpaired) electrons. The molecule has 104 valence electrons. The van der Waals surface area contributed by atoms with E-state index in [9.17, 15) is 9.59 Å². The average molecular weight is 380 g/mol. The van der Waals surface area contributed by atoms with Crippen molar-refractivity contribution in [1.29, 1.82) is 0 Å². The van der Waals surface area contributed by atoms with E-state index in [2.05, 4.69) is 22.6 Å². The van der Waals surface area contributed by atoms with Gasteiger partial charge in [-0.05, 0) is 31.9 Å². The average Bonchev–Trinajstić information content (AvgIpc) is 2.39. The second kappa shape index (κ2) is 6.04. The van der Waals surface area contributed by atoms with E-state index in [4.69, 9.17) is 0 Å². The molecule has 0 fully saturated rings. The van der Waals surface area contributed by atoms with Gasteiger partial charge in [0.25, 0.3) is 0 Å². The number of carbonyl (C=O) groups is 2. The lowest BCUT2D eigenvalue weighted by Gasteiger charge is -2.16. The summed E-state index contributed by atoms with van der Waals surface area (Å²) in [5.41, 5.74) is 3.95. The molecular weight excluding hydrogens is 363 g/mol. The summed E-state index contributed by atoms with van der Waals surface area (Å²) >= 11 is 2.12. The van der Waals surface area contributed by atoms with Gasteiger partial charge in [-0.3, -0.25) is 9.59 Å². The summed E-state index contributed by atoms with van der Waals surface area (Å²) in [7, 11) is 0. The number of carbonyl (C=O) groups excluding carboxylic acids is 2. The van der Waals surface area contributed by atoms with E-state index < -0.39 is 0 Å². The van der Waals surface area contributed by atoms with Gasteiger partial charge in [0, 0.05) is 17.5 Å². The Bertz CT molecular complexity index is 639. The molecule has 2 rings (SSSR count). The van der Waals surface area contributed by atoms with Gasteiger partial charge < -0.3 is 0 Å². The summed E-state index contributed by atoms with van der Waals surface area (Å²) in [5, 5.41) is 0. The number of alkyl halides is 1. The molecule has 2 nitrogen and oxygen atoms in total. The standard InChI is InChI=1S/C17H17IO2/c1-10-5-4-6-13(18)17(20)16-12(3)8-7-11(2)15(16)14(19)9-10/h4-8,13H,9H2,1-3H3/b6-4-,10-5-. The lowest BCUT2D eigenvalue weighted by atomic mass is 9.88. The predicted octanol–water partition coefficient (Wildman–Crippen LogP) is 4.38. The van der Waals surface area contributed by atoms with Crippen molar-refractivity contribution in [2.45, 2.75) is 31.1 Å². The van der Waals surface area contributed by atoms with Crippen LogP contribution in [0.3, 0.4) is 0 Å². The van der Waals surface area contributed by atoms with Crippen LogP contribution < -0.4 is 0 Å². The Labute approximate surface area is 133 Å². The summed E-state index contributed by atoms with van der Waals surface area (Å²) in [6.45, 7) is 5.73. The van der Waals surface area contributed by atoms with Gasteiger partial charge in [-0.15, -0.1) is 0 Å². The first-order valence-electron chi connectivity index (χ1n) is 6.57. The Morgan fingerprint density at radius 2 is 1.65 bits per heavy atom. The molecule has 0 aliphatic heterocycles. The smallest absolute Gasteiger partial charge is 0.180 e. The zero-order valence-electron chi connectivity index (χ0n) is 11.9. The molecule has 0 saturated carbocycles. The highest BCUT2D eigenvalue weighted by Gasteiger charge is 2.25. The molecule has 0 heterocycles. The van der Waals surface area contributed by atoms with Crippen LogP contribution in [0.1, 0.15) is 45.2 Å². The Kier molecular flexibility index (Phi) is 4.58. The molecule has 1 aliphatic carbocycles. The van der Waals surface area contributed by atoms with Crippen LogP contribution in [-0.2, 0) is 0 Å². The van der Waals surface area contributed by atoms with Gasteiger partial charge in [0.2, 0.25) is 0 Å². The first kappa shape index (κ1) is 15.2.